The predicted molar refractivity (Wildman–Crippen MR) is 97.3 cm³/mol. The van der Waals surface area contributed by atoms with Crippen molar-refractivity contribution in [1.82, 2.24) is 0 Å². The molecule has 0 spiro atoms. The van der Waals surface area contributed by atoms with E-state index in [4.69, 9.17) is 0 Å². The fraction of sp³-hybridized carbons (Fsp3) is 0.789. The topological polar surface area (TPSA) is 149 Å². The molecule has 4 N–H and O–H groups in total. The fourth-order valence-electron chi connectivity index (χ4n) is 4.68. The molecule has 8 heteroatoms. The van der Waals surface area contributed by atoms with Crippen LogP contribution in [0.25, 0.3) is 0 Å². The molecule has 0 heterocycles. The molecule has 0 aliphatic rings. The summed E-state index contributed by atoms with van der Waals surface area (Å²) >= 11 is 0. The molecule has 8 nitrogen and oxygen atoms in total. The SMILES string of the molecule is CC(C)(C)C(C(=O)O)C(C(=O)O)(C(C)(C)C)C(C(=O)O)(C(=O)O)C(C)(C)C. The second-order valence-corrected chi connectivity index (χ2v) is 10.1. The van der Waals surface area contributed by atoms with Gasteiger partial charge in [0.05, 0.1) is 5.92 Å². The first kappa shape index (κ1) is 24.9. The summed E-state index contributed by atoms with van der Waals surface area (Å²) in [6.45, 7) is 12.4. The van der Waals surface area contributed by atoms with Crippen molar-refractivity contribution >= 4 is 23.9 Å². The highest BCUT2D eigenvalue weighted by atomic mass is 16.4. The summed E-state index contributed by atoms with van der Waals surface area (Å²) in [5, 5.41) is 40.6. The first-order chi connectivity index (χ1) is 11.6. The molecule has 0 saturated carbocycles. The second kappa shape index (κ2) is 6.80. The van der Waals surface area contributed by atoms with E-state index in [1.807, 2.05) is 0 Å². The largest absolute Gasteiger partial charge is 0.481 e. The van der Waals surface area contributed by atoms with E-state index in [-0.39, 0.29) is 0 Å². The third kappa shape index (κ3) is 3.30. The molecule has 0 bridgehead atoms. The van der Waals surface area contributed by atoms with Crippen LogP contribution in [-0.4, -0.2) is 44.3 Å². The minimum absolute atomic E-state index is 1.25. The van der Waals surface area contributed by atoms with Crippen LogP contribution < -0.4 is 0 Å². The first-order valence-electron chi connectivity index (χ1n) is 8.58. The molecule has 0 aromatic heterocycles. The van der Waals surface area contributed by atoms with E-state index in [9.17, 15) is 39.6 Å². The predicted octanol–water partition coefficient (Wildman–Crippen LogP) is 3.05. The van der Waals surface area contributed by atoms with Crippen molar-refractivity contribution < 1.29 is 39.6 Å². The smallest absolute Gasteiger partial charge is 0.322 e. The van der Waals surface area contributed by atoms with Crippen LogP contribution in [0, 0.1) is 33.0 Å². The van der Waals surface area contributed by atoms with Gasteiger partial charge in [-0.2, -0.15) is 0 Å². The van der Waals surface area contributed by atoms with Crippen LogP contribution in [0.15, 0.2) is 0 Å². The van der Waals surface area contributed by atoms with E-state index in [1.165, 1.54) is 62.3 Å². The minimum atomic E-state index is -2.93. The van der Waals surface area contributed by atoms with Crippen molar-refractivity contribution in [1.29, 1.82) is 0 Å². The van der Waals surface area contributed by atoms with Crippen molar-refractivity contribution in [3.05, 3.63) is 0 Å². The summed E-state index contributed by atoms with van der Waals surface area (Å²) in [6, 6.07) is 0. The molecule has 0 aromatic rings. The zero-order valence-electron chi connectivity index (χ0n) is 17.5. The zero-order valence-corrected chi connectivity index (χ0v) is 17.5. The molecule has 0 radical (unpaired) electrons. The first-order valence-corrected chi connectivity index (χ1v) is 8.58. The van der Waals surface area contributed by atoms with Gasteiger partial charge < -0.3 is 20.4 Å². The summed E-state index contributed by atoms with van der Waals surface area (Å²) in [5.41, 5.74) is -10.0. The number of carboxylic acids is 4. The monoisotopic (exact) mass is 388 g/mol. The number of hydrogen-bond acceptors (Lipinski definition) is 4. The summed E-state index contributed by atoms with van der Waals surface area (Å²) in [4.78, 5) is 50.1. The van der Waals surface area contributed by atoms with Crippen LogP contribution in [-0.2, 0) is 19.2 Å². The molecule has 0 rings (SSSR count). The van der Waals surface area contributed by atoms with Crippen LogP contribution in [0.1, 0.15) is 62.3 Å². The van der Waals surface area contributed by atoms with E-state index in [0.717, 1.165) is 0 Å². The zero-order chi connectivity index (χ0) is 22.4. The van der Waals surface area contributed by atoms with Crippen molar-refractivity contribution in [3.8, 4) is 0 Å². The second-order valence-electron chi connectivity index (χ2n) is 10.1. The lowest BCUT2D eigenvalue weighted by molar-refractivity contribution is -0.231. The van der Waals surface area contributed by atoms with E-state index >= 15 is 0 Å². The lowest BCUT2D eigenvalue weighted by Crippen LogP contribution is -2.72. The highest BCUT2D eigenvalue weighted by Crippen LogP contribution is 2.66. The molecule has 0 fully saturated rings. The Balaban J connectivity index is 8.09. The van der Waals surface area contributed by atoms with Gasteiger partial charge in [-0.15, -0.1) is 0 Å². The maximum Gasteiger partial charge on any atom is 0.322 e. The molecule has 0 aliphatic carbocycles. The molecule has 27 heavy (non-hydrogen) atoms. The minimum Gasteiger partial charge on any atom is -0.481 e. The lowest BCUT2D eigenvalue weighted by Gasteiger charge is -2.59. The van der Waals surface area contributed by atoms with Gasteiger partial charge in [-0.25, -0.2) is 0 Å². The Bertz CT molecular complexity index is 628. The van der Waals surface area contributed by atoms with Gasteiger partial charge in [-0.1, -0.05) is 62.3 Å². The van der Waals surface area contributed by atoms with Crippen LogP contribution in [0.5, 0.6) is 0 Å². The maximum atomic E-state index is 12.8. The average molecular weight is 388 g/mol. The van der Waals surface area contributed by atoms with Gasteiger partial charge in [0.15, 0.2) is 5.41 Å². The van der Waals surface area contributed by atoms with Gasteiger partial charge in [0.1, 0.15) is 5.41 Å². The van der Waals surface area contributed by atoms with E-state index in [1.54, 1.807) is 0 Å². The molecule has 0 aromatic carbocycles. The van der Waals surface area contributed by atoms with E-state index in [2.05, 4.69) is 0 Å². The molecule has 0 amide bonds. The number of aliphatic carboxylic acids is 4. The maximum absolute atomic E-state index is 12.8. The third-order valence-corrected chi connectivity index (χ3v) is 5.42. The molecule has 2 unspecified atom stereocenters. The quantitative estimate of drug-likeness (QED) is 0.507. The van der Waals surface area contributed by atoms with Crippen LogP contribution in [0.3, 0.4) is 0 Å². The van der Waals surface area contributed by atoms with Gasteiger partial charge in [0.25, 0.3) is 0 Å². The molecule has 156 valence electrons. The van der Waals surface area contributed by atoms with Crippen LogP contribution in [0.2, 0.25) is 0 Å². The molecular weight excluding hydrogens is 356 g/mol. The summed E-state index contributed by atoms with van der Waals surface area (Å²) in [5.74, 6) is -8.90. The Labute approximate surface area is 159 Å². The van der Waals surface area contributed by atoms with Crippen molar-refractivity contribution in [2.24, 2.45) is 33.0 Å². The standard InChI is InChI=1S/C19H32O8/c1-15(2,3)10(11(20)21)18(12(22)23,16(4,5)6)19(13(24)25,14(26)27)17(7,8)9/h10H,1-9H3,(H,20,21)(H,22,23)(H,24,25)(H,26,27). The molecule has 0 aliphatic heterocycles. The molecular formula is C19H32O8. The van der Waals surface area contributed by atoms with E-state index < -0.39 is 56.9 Å². The number of carbonyl (C=O) groups is 4. The van der Waals surface area contributed by atoms with Crippen LogP contribution >= 0.6 is 0 Å². The Morgan fingerprint density at radius 2 is 0.926 bits per heavy atom. The van der Waals surface area contributed by atoms with Crippen molar-refractivity contribution in [2.45, 2.75) is 62.3 Å². The summed E-state index contributed by atoms with van der Waals surface area (Å²) < 4.78 is 0. The number of carboxylic acid groups (broad SMARTS) is 4. The average Bonchev–Trinajstić information content (AvgIpc) is 2.30. The van der Waals surface area contributed by atoms with Gasteiger partial charge in [-0.05, 0) is 16.2 Å². The highest BCUT2D eigenvalue weighted by molar-refractivity contribution is 6.06. The summed E-state index contributed by atoms with van der Waals surface area (Å²) in [6.07, 6.45) is 0. The third-order valence-electron chi connectivity index (χ3n) is 5.42. The normalized spacial score (nSPS) is 16.9. The van der Waals surface area contributed by atoms with Gasteiger partial charge in [-0.3, -0.25) is 19.2 Å². The van der Waals surface area contributed by atoms with Crippen molar-refractivity contribution in [2.75, 3.05) is 0 Å². The number of rotatable bonds is 6. The molecule has 2 atom stereocenters. The Kier molecular flexibility index (Phi) is 6.27. The highest BCUT2D eigenvalue weighted by Gasteiger charge is 2.80. The summed E-state index contributed by atoms with van der Waals surface area (Å²) in [7, 11) is 0. The fourth-order valence-corrected chi connectivity index (χ4v) is 4.68. The van der Waals surface area contributed by atoms with Crippen molar-refractivity contribution in [3.63, 3.8) is 0 Å². The lowest BCUT2D eigenvalue weighted by atomic mass is 9.38. The Morgan fingerprint density at radius 1 is 0.593 bits per heavy atom. The van der Waals surface area contributed by atoms with Gasteiger partial charge >= 0.3 is 23.9 Å². The van der Waals surface area contributed by atoms with Crippen LogP contribution in [0.4, 0.5) is 0 Å². The van der Waals surface area contributed by atoms with Gasteiger partial charge in [0.2, 0.25) is 0 Å². The number of hydrogen-bond donors (Lipinski definition) is 4. The Morgan fingerprint density at radius 3 is 1.04 bits per heavy atom. The van der Waals surface area contributed by atoms with Gasteiger partial charge in [0, 0.05) is 0 Å². The van der Waals surface area contributed by atoms with E-state index in [0.29, 0.717) is 0 Å². The Hall–Kier alpha value is -2.12. The molecule has 0 saturated heterocycles.